The molecule has 0 heterocycles. The van der Waals surface area contributed by atoms with Crippen molar-refractivity contribution in [2.75, 3.05) is 12.4 Å². The van der Waals surface area contributed by atoms with Gasteiger partial charge in [0.1, 0.15) is 0 Å². The maximum atomic E-state index is 11.0. The largest absolute Gasteiger partial charge is 0.453 e. The van der Waals surface area contributed by atoms with Crippen molar-refractivity contribution in [3.63, 3.8) is 0 Å². The Kier molecular flexibility index (Phi) is 4.15. The summed E-state index contributed by atoms with van der Waals surface area (Å²) in [4.78, 5) is 11.0. The molecule has 1 amide bonds. The van der Waals surface area contributed by atoms with E-state index in [1.807, 2.05) is 18.2 Å². The zero-order chi connectivity index (χ0) is 11.4. The topological polar surface area (TPSA) is 38.3 Å². The first-order chi connectivity index (χ1) is 7.04. The second-order valence-electron chi connectivity index (χ2n) is 3.51. The van der Waals surface area contributed by atoms with Gasteiger partial charge < -0.3 is 4.74 Å². The molecular weight excluding hydrogens is 258 g/mol. The van der Waals surface area contributed by atoms with Crippen LogP contribution in [-0.4, -0.2) is 13.2 Å². The van der Waals surface area contributed by atoms with Crippen LogP contribution < -0.4 is 5.32 Å². The lowest BCUT2D eigenvalue weighted by Crippen LogP contribution is -2.11. The van der Waals surface area contributed by atoms with Crippen molar-refractivity contribution in [2.24, 2.45) is 0 Å². The van der Waals surface area contributed by atoms with E-state index in [1.165, 1.54) is 12.7 Å². The van der Waals surface area contributed by atoms with Crippen LogP contribution in [0.25, 0.3) is 0 Å². The maximum Gasteiger partial charge on any atom is 0.411 e. The Morgan fingerprint density at radius 3 is 2.60 bits per heavy atom. The van der Waals surface area contributed by atoms with Crippen molar-refractivity contribution in [3.05, 3.63) is 28.2 Å². The molecule has 0 aliphatic carbocycles. The summed E-state index contributed by atoms with van der Waals surface area (Å²) in [7, 11) is 1.34. The zero-order valence-corrected chi connectivity index (χ0v) is 10.6. The number of amides is 1. The van der Waals surface area contributed by atoms with Crippen molar-refractivity contribution < 1.29 is 9.53 Å². The molecular formula is C11H14BrNO2. The fraction of sp³-hybridized carbons (Fsp3) is 0.364. The van der Waals surface area contributed by atoms with E-state index < -0.39 is 6.09 Å². The number of anilines is 1. The molecule has 0 bridgehead atoms. The molecule has 15 heavy (non-hydrogen) atoms. The Morgan fingerprint density at radius 2 is 2.13 bits per heavy atom. The van der Waals surface area contributed by atoms with E-state index in [0.717, 1.165) is 4.47 Å². The highest BCUT2D eigenvalue weighted by Crippen LogP contribution is 2.26. The summed E-state index contributed by atoms with van der Waals surface area (Å²) in [5, 5.41) is 2.62. The van der Waals surface area contributed by atoms with Crippen LogP contribution in [-0.2, 0) is 4.74 Å². The van der Waals surface area contributed by atoms with Crippen molar-refractivity contribution in [3.8, 4) is 0 Å². The summed E-state index contributed by atoms with van der Waals surface area (Å²) in [5.41, 5.74) is 1.93. The Bertz CT molecular complexity index is 364. The lowest BCUT2D eigenvalue weighted by molar-refractivity contribution is 0.187. The number of rotatable bonds is 2. The Hall–Kier alpha value is -1.03. The van der Waals surface area contributed by atoms with Gasteiger partial charge in [-0.05, 0) is 39.5 Å². The molecule has 0 aromatic heterocycles. The summed E-state index contributed by atoms with van der Waals surface area (Å²) in [5.74, 6) is 0.466. The molecule has 1 aromatic rings. The molecule has 4 heteroatoms. The van der Waals surface area contributed by atoms with Crippen molar-refractivity contribution in [1.29, 1.82) is 0 Å². The first kappa shape index (κ1) is 12.0. The molecule has 1 aromatic carbocycles. The average Bonchev–Trinajstić information content (AvgIpc) is 2.20. The van der Waals surface area contributed by atoms with Crippen LogP contribution in [0.4, 0.5) is 10.5 Å². The van der Waals surface area contributed by atoms with Gasteiger partial charge in [-0.15, -0.1) is 0 Å². The quantitative estimate of drug-likeness (QED) is 0.890. The number of nitrogens with one attached hydrogen (secondary N) is 1. The van der Waals surface area contributed by atoms with Crippen LogP contribution in [0, 0.1) is 0 Å². The monoisotopic (exact) mass is 271 g/mol. The molecule has 0 aliphatic rings. The highest BCUT2D eigenvalue weighted by atomic mass is 79.9. The van der Waals surface area contributed by atoms with Crippen LogP contribution in [0.5, 0.6) is 0 Å². The zero-order valence-electron chi connectivity index (χ0n) is 9.00. The van der Waals surface area contributed by atoms with Crippen LogP contribution in [0.2, 0.25) is 0 Å². The number of carbonyl (C=O) groups is 1. The number of carbonyl (C=O) groups excluding carboxylic acids is 1. The van der Waals surface area contributed by atoms with Crippen molar-refractivity contribution in [1.82, 2.24) is 0 Å². The molecule has 82 valence electrons. The minimum absolute atomic E-state index is 0.465. The number of ether oxygens (including phenoxy) is 1. The smallest absolute Gasteiger partial charge is 0.411 e. The molecule has 0 atom stereocenters. The van der Waals surface area contributed by atoms with E-state index >= 15 is 0 Å². The van der Waals surface area contributed by atoms with Gasteiger partial charge in [-0.25, -0.2) is 4.79 Å². The number of methoxy groups -OCH3 is 1. The Morgan fingerprint density at radius 1 is 1.47 bits per heavy atom. The highest BCUT2D eigenvalue weighted by molar-refractivity contribution is 9.10. The van der Waals surface area contributed by atoms with Gasteiger partial charge in [-0.2, -0.15) is 0 Å². The number of halogens is 1. The lowest BCUT2D eigenvalue weighted by Gasteiger charge is -2.10. The predicted octanol–water partition coefficient (Wildman–Crippen LogP) is 3.75. The molecule has 1 rings (SSSR count). The van der Waals surface area contributed by atoms with Crippen LogP contribution in [0.3, 0.4) is 0 Å². The minimum atomic E-state index is -0.465. The van der Waals surface area contributed by atoms with Gasteiger partial charge in [-0.3, -0.25) is 5.32 Å². The van der Waals surface area contributed by atoms with Gasteiger partial charge in [-0.1, -0.05) is 19.9 Å². The molecule has 0 radical (unpaired) electrons. The van der Waals surface area contributed by atoms with E-state index in [4.69, 9.17) is 0 Å². The van der Waals surface area contributed by atoms with Gasteiger partial charge in [0.2, 0.25) is 0 Å². The van der Waals surface area contributed by atoms with Crippen molar-refractivity contribution >= 4 is 27.7 Å². The molecule has 0 spiro atoms. The molecule has 0 unspecified atom stereocenters. The average molecular weight is 272 g/mol. The third-order valence-corrected chi connectivity index (χ3v) is 2.74. The van der Waals surface area contributed by atoms with Crippen LogP contribution >= 0.6 is 15.9 Å². The Labute approximate surface area is 97.9 Å². The summed E-state index contributed by atoms with van der Waals surface area (Å²) >= 11 is 3.40. The number of benzene rings is 1. The van der Waals surface area contributed by atoms with E-state index in [0.29, 0.717) is 11.6 Å². The lowest BCUT2D eigenvalue weighted by atomic mass is 10.0. The van der Waals surface area contributed by atoms with Crippen molar-refractivity contribution in [2.45, 2.75) is 19.8 Å². The van der Waals surface area contributed by atoms with E-state index in [1.54, 1.807) is 0 Å². The van der Waals surface area contributed by atoms with Crippen LogP contribution in [0.1, 0.15) is 25.3 Å². The summed E-state index contributed by atoms with van der Waals surface area (Å²) < 4.78 is 5.38. The number of hydrogen-bond donors (Lipinski definition) is 1. The fourth-order valence-electron chi connectivity index (χ4n) is 1.15. The normalized spacial score (nSPS) is 10.2. The molecule has 1 N–H and O–H groups in total. The second kappa shape index (κ2) is 5.16. The van der Waals surface area contributed by atoms with E-state index in [2.05, 4.69) is 39.8 Å². The minimum Gasteiger partial charge on any atom is -0.453 e. The highest BCUT2D eigenvalue weighted by Gasteiger charge is 2.07. The summed E-state index contributed by atoms with van der Waals surface area (Å²) in [6, 6.07) is 5.84. The standard InChI is InChI=1S/C11H14BrNO2/c1-7(2)8-4-5-10(9(12)6-8)13-11(14)15-3/h4-7H,1-3H3,(H,13,14). The molecule has 0 saturated carbocycles. The molecule has 0 saturated heterocycles. The molecule has 3 nitrogen and oxygen atoms in total. The van der Waals surface area contributed by atoms with E-state index in [-0.39, 0.29) is 0 Å². The third kappa shape index (κ3) is 3.23. The summed E-state index contributed by atoms with van der Waals surface area (Å²) in [6.07, 6.45) is -0.465. The van der Waals surface area contributed by atoms with Crippen LogP contribution in [0.15, 0.2) is 22.7 Å². The van der Waals surface area contributed by atoms with Gasteiger partial charge in [0.25, 0.3) is 0 Å². The predicted molar refractivity (Wildman–Crippen MR) is 64.3 cm³/mol. The first-order valence-corrected chi connectivity index (χ1v) is 5.48. The van der Waals surface area contributed by atoms with Gasteiger partial charge >= 0.3 is 6.09 Å². The summed E-state index contributed by atoms with van der Waals surface area (Å²) in [6.45, 7) is 4.24. The van der Waals surface area contributed by atoms with Gasteiger partial charge in [0.15, 0.2) is 0 Å². The molecule has 0 fully saturated rings. The molecule has 0 aliphatic heterocycles. The number of hydrogen-bond acceptors (Lipinski definition) is 2. The van der Waals surface area contributed by atoms with E-state index in [9.17, 15) is 4.79 Å². The third-order valence-electron chi connectivity index (χ3n) is 2.08. The second-order valence-corrected chi connectivity index (χ2v) is 4.36. The maximum absolute atomic E-state index is 11.0. The van der Waals surface area contributed by atoms with Gasteiger partial charge in [0.05, 0.1) is 12.8 Å². The Balaban J connectivity index is 2.88. The van der Waals surface area contributed by atoms with Gasteiger partial charge in [0, 0.05) is 4.47 Å². The first-order valence-electron chi connectivity index (χ1n) is 4.69. The fourth-order valence-corrected chi connectivity index (χ4v) is 1.65. The SMILES string of the molecule is COC(=O)Nc1ccc(C(C)C)cc1Br.